The number of hydrogen-bond acceptors (Lipinski definition) is 3. The van der Waals surface area contributed by atoms with Crippen LogP contribution in [-0.4, -0.2) is 34.2 Å². The summed E-state index contributed by atoms with van der Waals surface area (Å²) < 4.78 is 36.8. The Morgan fingerprint density at radius 3 is 2.45 bits per heavy atom. The lowest BCUT2D eigenvalue weighted by molar-refractivity contribution is -0.139. The molecule has 0 bridgehead atoms. The van der Waals surface area contributed by atoms with Crippen molar-refractivity contribution in [3.05, 3.63) is 29.6 Å². The van der Waals surface area contributed by atoms with E-state index in [1.165, 1.54) is 6.92 Å². The lowest BCUT2D eigenvalue weighted by atomic mass is 10.1. The largest absolute Gasteiger partial charge is 0.478 e. The number of halogens is 3. The summed E-state index contributed by atoms with van der Waals surface area (Å²) in [5.74, 6) is -1.97. The molecule has 0 aliphatic carbocycles. The van der Waals surface area contributed by atoms with Crippen molar-refractivity contribution in [1.29, 1.82) is 0 Å². The topological polar surface area (TPSA) is 79.3 Å². The van der Waals surface area contributed by atoms with Crippen LogP contribution in [0.5, 0.6) is 0 Å². The first-order valence-corrected chi connectivity index (χ1v) is 5.80. The summed E-state index contributed by atoms with van der Waals surface area (Å²) in [6, 6.07) is 1.28. The highest BCUT2D eigenvalue weighted by atomic mass is 19.4. The van der Waals surface area contributed by atoms with Crippen LogP contribution in [0.3, 0.4) is 0 Å². The number of carboxylic acid groups (broad SMARTS) is 1. The second-order valence-corrected chi connectivity index (χ2v) is 4.14. The third-order valence-electron chi connectivity index (χ3n) is 2.55. The first-order valence-electron chi connectivity index (χ1n) is 5.80. The number of nitrogens with one attached hydrogen (secondary N) is 1. The van der Waals surface area contributed by atoms with Crippen LogP contribution in [0.2, 0.25) is 0 Å². The van der Waals surface area contributed by atoms with Gasteiger partial charge >= 0.3 is 12.1 Å². The van der Waals surface area contributed by atoms with Crippen LogP contribution in [0.4, 0.5) is 13.2 Å². The van der Waals surface area contributed by atoms with Crippen LogP contribution in [0.15, 0.2) is 18.3 Å². The summed E-state index contributed by atoms with van der Waals surface area (Å²) in [5.41, 5.74) is -0.237. The van der Waals surface area contributed by atoms with Crippen LogP contribution < -0.4 is 5.32 Å². The third-order valence-corrected chi connectivity index (χ3v) is 2.55. The molecule has 1 aromatic rings. The number of aromatic nitrogens is 1. The van der Waals surface area contributed by atoms with Gasteiger partial charge in [0.2, 0.25) is 0 Å². The van der Waals surface area contributed by atoms with Gasteiger partial charge in [0, 0.05) is 12.2 Å². The van der Waals surface area contributed by atoms with Gasteiger partial charge in [0.15, 0.2) is 0 Å². The van der Waals surface area contributed by atoms with E-state index in [2.05, 4.69) is 10.3 Å². The Hall–Kier alpha value is -2.12. The molecule has 5 nitrogen and oxygen atoms in total. The van der Waals surface area contributed by atoms with Gasteiger partial charge < -0.3 is 10.4 Å². The van der Waals surface area contributed by atoms with Crippen molar-refractivity contribution >= 4 is 11.9 Å². The smallest absolute Gasteiger partial charge is 0.391 e. The van der Waals surface area contributed by atoms with Crippen molar-refractivity contribution in [2.24, 2.45) is 0 Å². The van der Waals surface area contributed by atoms with Crippen LogP contribution in [-0.2, 0) is 0 Å². The first kappa shape index (κ1) is 15.9. The number of amides is 1. The molecule has 0 aliphatic heterocycles. The number of rotatable bonds is 5. The lowest BCUT2D eigenvalue weighted by Gasteiger charge is -2.18. The molecule has 1 atom stereocenters. The van der Waals surface area contributed by atoms with Gasteiger partial charge in [0.05, 0.1) is 12.0 Å². The van der Waals surface area contributed by atoms with Crippen LogP contribution >= 0.6 is 0 Å². The second-order valence-electron chi connectivity index (χ2n) is 4.14. The van der Waals surface area contributed by atoms with E-state index in [1.807, 2.05) is 0 Å². The number of aromatic carboxylic acids is 1. The monoisotopic (exact) mass is 290 g/mol. The van der Waals surface area contributed by atoms with E-state index < -0.39 is 30.5 Å². The zero-order valence-electron chi connectivity index (χ0n) is 10.6. The molecule has 0 fully saturated rings. The Bertz CT molecular complexity index is 486. The van der Waals surface area contributed by atoms with Gasteiger partial charge in [-0.3, -0.25) is 9.78 Å². The molecule has 20 heavy (non-hydrogen) atoms. The van der Waals surface area contributed by atoms with E-state index in [9.17, 15) is 22.8 Å². The molecular formula is C12H13F3N2O3. The predicted molar refractivity (Wildman–Crippen MR) is 63.4 cm³/mol. The summed E-state index contributed by atoms with van der Waals surface area (Å²) in [6.45, 7) is 1.53. The molecule has 110 valence electrons. The molecule has 0 aliphatic rings. The van der Waals surface area contributed by atoms with Gasteiger partial charge in [0.1, 0.15) is 5.69 Å². The summed E-state index contributed by atoms with van der Waals surface area (Å²) in [7, 11) is 0. The highest BCUT2D eigenvalue weighted by molar-refractivity contribution is 5.93. The zero-order valence-corrected chi connectivity index (χ0v) is 10.6. The van der Waals surface area contributed by atoms with E-state index >= 15 is 0 Å². The van der Waals surface area contributed by atoms with Gasteiger partial charge in [-0.2, -0.15) is 13.2 Å². The van der Waals surface area contributed by atoms with E-state index in [4.69, 9.17) is 5.11 Å². The van der Waals surface area contributed by atoms with Gasteiger partial charge in [0.25, 0.3) is 5.91 Å². The summed E-state index contributed by atoms with van der Waals surface area (Å²) in [4.78, 5) is 25.9. The highest BCUT2D eigenvalue weighted by Gasteiger charge is 2.32. The maximum absolute atomic E-state index is 12.3. The van der Waals surface area contributed by atoms with E-state index in [0.29, 0.717) is 0 Å². The highest BCUT2D eigenvalue weighted by Crippen LogP contribution is 2.22. The minimum absolute atomic E-state index is 0.108. The molecule has 8 heteroatoms. The molecule has 1 unspecified atom stereocenters. The molecule has 0 aromatic carbocycles. The fourth-order valence-electron chi connectivity index (χ4n) is 1.49. The maximum Gasteiger partial charge on any atom is 0.391 e. The number of carbonyl (C=O) groups excluding carboxylic acids is 1. The van der Waals surface area contributed by atoms with Gasteiger partial charge in [-0.1, -0.05) is 6.92 Å². The van der Waals surface area contributed by atoms with Gasteiger partial charge in [-0.25, -0.2) is 4.79 Å². The first-order chi connectivity index (χ1) is 9.23. The van der Waals surface area contributed by atoms with E-state index in [1.54, 1.807) is 0 Å². The molecule has 2 N–H and O–H groups in total. The lowest BCUT2D eigenvalue weighted by Crippen LogP contribution is -2.38. The van der Waals surface area contributed by atoms with Gasteiger partial charge in [-0.05, 0) is 18.6 Å². The van der Waals surface area contributed by atoms with Crippen molar-refractivity contribution in [3.8, 4) is 0 Å². The van der Waals surface area contributed by atoms with E-state index in [0.717, 1.165) is 18.3 Å². The predicted octanol–water partition coefficient (Wildman–Crippen LogP) is 2.24. The van der Waals surface area contributed by atoms with Crippen LogP contribution in [0, 0.1) is 0 Å². The average molecular weight is 290 g/mol. The minimum atomic E-state index is -4.37. The van der Waals surface area contributed by atoms with Gasteiger partial charge in [-0.15, -0.1) is 0 Å². The molecule has 0 radical (unpaired) electrons. The quantitative estimate of drug-likeness (QED) is 0.871. The third kappa shape index (κ3) is 4.87. The number of alkyl halides is 3. The summed E-state index contributed by atoms with van der Waals surface area (Å²) in [6.07, 6.45) is -4.39. The normalized spacial score (nSPS) is 12.8. The van der Waals surface area contributed by atoms with E-state index in [-0.39, 0.29) is 17.7 Å². The van der Waals surface area contributed by atoms with Crippen LogP contribution in [0.1, 0.15) is 40.6 Å². The Labute approximate surface area is 112 Å². The summed E-state index contributed by atoms with van der Waals surface area (Å²) in [5, 5.41) is 10.9. The van der Waals surface area contributed by atoms with Crippen molar-refractivity contribution in [2.45, 2.75) is 32.0 Å². The number of carbonyl (C=O) groups is 2. The number of nitrogens with zero attached hydrogens (tertiary/aromatic N) is 1. The molecule has 0 saturated carbocycles. The van der Waals surface area contributed by atoms with Crippen molar-refractivity contribution in [1.82, 2.24) is 10.3 Å². The Kier molecular flexibility index (Phi) is 5.06. The summed E-state index contributed by atoms with van der Waals surface area (Å²) >= 11 is 0. The Morgan fingerprint density at radius 2 is 2.05 bits per heavy atom. The number of pyridine rings is 1. The zero-order chi connectivity index (χ0) is 15.3. The van der Waals surface area contributed by atoms with Crippen molar-refractivity contribution < 1.29 is 27.9 Å². The Balaban J connectivity index is 2.72. The SMILES string of the molecule is CCC(CC(F)(F)F)NC(=O)c1ccc(C(=O)O)cn1. The minimum Gasteiger partial charge on any atom is -0.478 e. The second kappa shape index (κ2) is 6.36. The van der Waals surface area contributed by atoms with Crippen molar-refractivity contribution in [2.75, 3.05) is 0 Å². The molecule has 1 rings (SSSR count). The fraction of sp³-hybridized carbons (Fsp3) is 0.417. The Morgan fingerprint density at radius 1 is 1.40 bits per heavy atom. The number of hydrogen-bond donors (Lipinski definition) is 2. The molecular weight excluding hydrogens is 277 g/mol. The fourth-order valence-corrected chi connectivity index (χ4v) is 1.49. The average Bonchev–Trinajstić information content (AvgIpc) is 2.36. The number of carboxylic acids is 1. The molecule has 0 spiro atoms. The molecule has 1 heterocycles. The maximum atomic E-state index is 12.3. The molecule has 1 aromatic heterocycles. The van der Waals surface area contributed by atoms with Crippen molar-refractivity contribution in [3.63, 3.8) is 0 Å². The molecule has 1 amide bonds. The standard InChI is InChI=1S/C12H13F3N2O3/c1-2-8(5-12(13,14)15)17-10(18)9-4-3-7(6-16-9)11(19)20/h3-4,6,8H,2,5H2,1H3,(H,17,18)(H,19,20). The molecule has 0 saturated heterocycles. The van der Waals surface area contributed by atoms with Crippen LogP contribution in [0.25, 0.3) is 0 Å².